The topological polar surface area (TPSA) is 120 Å². The van der Waals surface area contributed by atoms with Gasteiger partial charge in [0.2, 0.25) is 5.82 Å². The SMILES string of the molecule is CCCSc1c(CCOc2c(-c3ccc4ncc(CNC)n4c3)ccc(F)c2F)c(C(=O)NS(=O)(=O)c2ccccc2)nn1C. The van der Waals surface area contributed by atoms with Crippen LogP contribution in [0.4, 0.5) is 8.78 Å². The Kier molecular flexibility index (Phi) is 9.85. The zero-order valence-corrected chi connectivity index (χ0v) is 26.5. The van der Waals surface area contributed by atoms with Gasteiger partial charge >= 0.3 is 0 Å². The maximum absolute atomic E-state index is 15.3. The largest absolute Gasteiger partial charge is 0.489 e. The van der Waals surface area contributed by atoms with E-state index < -0.39 is 27.6 Å². The summed E-state index contributed by atoms with van der Waals surface area (Å²) < 4.78 is 66.8. The van der Waals surface area contributed by atoms with E-state index in [1.54, 1.807) is 49.8 Å². The number of sulfonamides is 1. The van der Waals surface area contributed by atoms with Crippen molar-refractivity contribution in [1.29, 1.82) is 0 Å². The van der Waals surface area contributed by atoms with Crippen LogP contribution in [0.5, 0.6) is 5.75 Å². The van der Waals surface area contributed by atoms with Gasteiger partial charge < -0.3 is 14.5 Å². The van der Waals surface area contributed by atoms with Gasteiger partial charge in [0.25, 0.3) is 15.9 Å². The number of pyridine rings is 1. The van der Waals surface area contributed by atoms with Gasteiger partial charge in [0, 0.05) is 42.9 Å². The molecular formula is C31H32F2N6O4S2. The molecule has 0 aliphatic carbocycles. The molecule has 0 radical (unpaired) electrons. The van der Waals surface area contributed by atoms with Crippen molar-refractivity contribution in [2.75, 3.05) is 19.4 Å². The fraction of sp³-hybridized carbons (Fsp3) is 0.258. The number of carbonyl (C=O) groups is 1. The second kappa shape index (κ2) is 13.8. The third-order valence-corrected chi connectivity index (χ3v) is 9.67. The van der Waals surface area contributed by atoms with Crippen LogP contribution in [0.25, 0.3) is 16.8 Å². The Balaban J connectivity index is 1.44. The zero-order chi connectivity index (χ0) is 32.1. The van der Waals surface area contributed by atoms with Gasteiger partial charge in [-0.15, -0.1) is 11.8 Å². The Morgan fingerprint density at radius 3 is 2.60 bits per heavy atom. The molecule has 0 saturated heterocycles. The van der Waals surface area contributed by atoms with Gasteiger partial charge in [-0.3, -0.25) is 9.48 Å². The number of fused-ring (bicyclic) bond motifs is 1. The first-order valence-corrected chi connectivity index (χ1v) is 16.6. The number of amides is 1. The summed E-state index contributed by atoms with van der Waals surface area (Å²) in [4.78, 5) is 17.6. The van der Waals surface area contributed by atoms with Crippen LogP contribution >= 0.6 is 11.8 Å². The number of thioether (sulfide) groups is 1. The van der Waals surface area contributed by atoms with Gasteiger partial charge in [0.05, 0.1) is 28.4 Å². The van der Waals surface area contributed by atoms with Gasteiger partial charge in [0.1, 0.15) is 5.65 Å². The molecule has 0 bridgehead atoms. The van der Waals surface area contributed by atoms with Crippen LogP contribution in [0.2, 0.25) is 0 Å². The minimum Gasteiger partial charge on any atom is -0.489 e. The highest BCUT2D eigenvalue weighted by Crippen LogP contribution is 2.35. The second-order valence-corrected chi connectivity index (χ2v) is 12.9. The lowest BCUT2D eigenvalue weighted by Gasteiger charge is -2.14. The lowest BCUT2D eigenvalue weighted by atomic mass is 10.1. The first-order valence-electron chi connectivity index (χ1n) is 14.2. The lowest BCUT2D eigenvalue weighted by Crippen LogP contribution is -2.31. The molecule has 5 aromatic rings. The zero-order valence-electron chi connectivity index (χ0n) is 24.9. The van der Waals surface area contributed by atoms with Crippen molar-refractivity contribution in [2.45, 2.75) is 36.2 Å². The number of aryl methyl sites for hydroxylation is 1. The van der Waals surface area contributed by atoms with Crippen LogP contribution in [-0.2, 0) is 30.0 Å². The molecule has 2 N–H and O–H groups in total. The van der Waals surface area contributed by atoms with E-state index >= 15 is 4.39 Å². The fourth-order valence-electron chi connectivity index (χ4n) is 4.83. The van der Waals surface area contributed by atoms with Crippen LogP contribution in [-0.4, -0.2) is 52.9 Å². The Morgan fingerprint density at radius 2 is 1.87 bits per heavy atom. The van der Waals surface area contributed by atoms with E-state index in [-0.39, 0.29) is 29.4 Å². The summed E-state index contributed by atoms with van der Waals surface area (Å²) in [6, 6.07) is 13.5. The number of nitrogens with zero attached hydrogens (tertiary/aromatic N) is 4. The van der Waals surface area contributed by atoms with Crippen molar-refractivity contribution in [3.63, 3.8) is 0 Å². The van der Waals surface area contributed by atoms with E-state index in [1.807, 2.05) is 18.4 Å². The van der Waals surface area contributed by atoms with Gasteiger partial charge in [-0.1, -0.05) is 25.1 Å². The number of carbonyl (C=O) groups excluding carboxylic acids is 1. The molecule has 0 spiro atoms. The van der Waals surface area contributed by atoms with Crippen molar-refractivity contribution < 1.29 is 26.7 Å². The van der Waals surface area contributed by atoms with Crippen LogP contribution in [0.1, 0.15) is 35.1 Å². The van der Waals surface area contributed by atoms with E-state index in [9.17, 15) is 17.6 Å². The summed E-state index contributed by atoms with van der Waals surface area (Å²) >= 11 is 1.45. The predicted molar refractivity (Wildman–Crippen MR) is 168 cm³/mol. The maximum Gasteiger partial charge on any atom is 0.285 e. The number of aromatic nitrogens is 4. The molecule has 10 nitrogen and oxygen atoms in total. The van der Waals surface area contributed by atoms with E-state index in [0.717, 1.165) is 18.2 Å². The number of nitrogens with one attached hydrogen (secondary N) is 2. The average Bonchev–Trinajstić information content (AvgIpc) is 3.58. The quantitative estimate of drug-likeness (QED) is 0.171. The molecule has 0 aliphatic rings. The number of hydrogen-bond acceptors (Lipinski definition) is 8. The Hall–Kier alpha value is -4.27. The van der Waals surface area contributed by atoms with E-state index in [0.29, 0.717) is 39.7 Å². The van der Waals surface area contributed by atoms with Gasteiger partial charge in [0.15, 0.2) is 17.3 Å². The molecule has 0 aliphatic heterocycles. The summed E-state index contributed by atoms with van der Waals surface area (Å²) in [5.74, 6) is -2.69. The molecule has 14 heteroatoms. The lowest BCUT2D eigenvalue weighted by molar-refractivity contribution is 0.0974. The molecule has 3 aromatic heterocycles. The van der Waals surface area contributed by atoms with Gasteiger partial charge in [-0.05, 0) is 55.6 Å². The highest BCUT2D eigenvalue weighted by Gasteiger charge is 2.27. The minimum absolute atomic E-state index is 0.0658. The Bertz CT molecular complexity index is 1940. The number of ether oxygens (including phenoxy) is 1. The standard InChI is InChI=1S/C31H32F2N6O4S2/c1-4-16-44-31-24(28(36-38(31)3)30(40)37-45(41,42)22-8-6-5-7-9-22)14-15-43-29-23(11-12-25(32)27(29)33)20-10-13-26-35-18-21(17-34-2)39(26)19-20/h5-13,18-19,34H,4,14-17H2,1-3H3,(H,37,40). The normalized spacial score (nSPS) is 11.7. The van der Waals surface area contributed by atoms with Crippen LogP contribution in [0.15, 0.2) is 76.9 Å². The predicted octanol–water partition coefficient (Wildman–Crippen LogP) is 4.97. The van der Waals surface area contributed by atoms with Crippen LogP contribution in [0, 0.1) is 11.6 Å². The summed E-state index contributed by atoms with van der Waals surface area (Å²) in [6.45, 7) is 2.41. The van der Waals surface area contributed by atoms with Crippen molar-refractivity contribution in [3.8, 4) is 16.9 Å². The summed E-state index contributed by atoms with van der Waals surface area (Å²) in [6.07, 6.45) is 4.42. The second-order valence-electron chi connectivity index (χ2n) is 10.1. The fourth-order valence-corrected chi connectivity index (χ4v) is 6.80. The summed E-state index contributed by atoms with van der Waals surface area (Å²) in [5.41, 5.74) is 2.83. The van der Waals surface area contributed by atoms with E-state index in [2.05, 4.69) is 20.1 Å². The van der Waals surface area contributed by atoms with Crippen LogP contribution < -0.4 is 14.8 Å². The minimum atomic E-state index is -4.16. The van der Waals surface area contributed by atoms with E-state index in [1.165, 1.54) is 34.6 Å². The van der Waals surface area contributed by atoms with E-state index in [4.69, 9.17) is 4.74 Å². The Morgan fingerprint density at radius 1 is 1.09 bits per heavy atom. The maximum atomic E-state index is 15.3. The monoisotopic (exact) mass is 654 g/mol. The molecule has 2 aromatic carbocycles. The third-order valence-electron chi connectivity index (χ3n) is 6.93. The molecule has 1 amide bonds. The molecule has 5 rings (SSSR count). The Labute approximate surface area is 263 Å². The molecule has 236 valence electrons. The van der Waals surface area contributed by atoms with Crippen molar-refractivity contribution in [1.82, 2.24) is 29.2 Å². The number of imidazole rings is 1. The van der Waals surface area contributed by atoms with Crippen molar-refractivity contribution in [3.05, 3.63) is 95.6 Å². The highest BCUT2D eigenvalue weighted by molar-refractivity contribution is 7.99. The van der Waals surface area contributed by atoms with Crippen LogP contribution in [0.3, 0.4) is 0 Å². The third kappa shape index (κ3) is 6.87. The molecular weight excluding hydrogens is 623 g/mol. The molecule has 45 heavy (non-hydrogen) atoms. The number of hydrogen-bond donors (Lipinski definition) is 2. The molecule has 0 fully saturated rings. The molecule has 0 unspecified atom stereocenters. The van der Waals surface area contributed by atoms with Gasteiger partial charge in [-0.25, -0.2) is 22.5 Å². The number of benzene rings is 2. The average molecular weight is 655 g/mol. The molecule has 0 atom stereocenters. The van der Waals surface area contributed by atoms with Gasteiger partial charge in [-0.2, -0.15) is 9.49 Å². The van der Waals surface area contributed by atoms with Crippen molar-refractivity contribution in [2.24, 2.45) is 7.05 Å². The molecule has 0 saturated carbocycles. The van der Waals surface area contributed by atoms with Crippen molar-refractivity contribution >= 4 is 33.3 Å². The first-order chi connectivity index (χ1) is 21.6. The first kappa shape index (κ1) is 32.1. The molecule has 3 heterocycles. The smallest absolute Gasteiger partial charge is 0.285 e. The summed E-state index contributed by atoms with van der Waals surface area (Å²) in [5, 5.41) is 8.05. The number of rotatable bonds is 13. The highest BCUT2D eigenvalue weighted by atomic mass is 32.2. The summed E-state index contributed by atoms with van der Waals surface area (Å²) in [7, 11) is -0.690. The number of halogens is 2.